The zero-order valence-corrected chi connectivity index (χ0v) is 13.8. The quantitative estimate of drug-likeness (QED) is 0.837. The van der Waals surface area contributed by atoms with Crippen LogP contribution in [0, 0.1) is 16.7 Å². The van der Waals surface area contributed by atoms with Crippen molar-refractivity contribution >= 4 is 0 Å². The van der Waals surface area contributed by atoms with Crippen molar-refractivity contribution in [3.8, 4) is 0 Å². The van der Waals surface area contributed by atoms with Gasteiger partial charge >= 0.3 is 0 Å². The number of hydrogen-bond acceptors (Lipinski definition) is 2. The van der Waals surface area contributed by atoms with Crippen molar-refractivity contribution in [1.29, 1.82) is 0 Å². The lowest BCUT2D eigenvalue weighted by molar-refractivity contribution is -0.0524. The molecule has 1 aliphatic carbocycles. The molecule has 2 rings (SSSR count). The summed E-state index contributed by atoms with van der Waals surface area (Å²) >= 11 is 0. The van der Waals surface area contributed by atoms with Gasteiger partial charge in [0.1, 0.15) is 0 Å². The molecule has 0 aromatic heterocycles. The van der Waals surface area contributed by atoms with Gasteiger partial charge in [0.15, 0.2) is 0 Å². The number of rotatable bonds is 4. The van der Waals surface area contributed by atoms with Crippen LogP contribution in [0.3, 0.4) is 0 Å². The van der Waals surface area contributed by atoms with Gasteiger partial charge in [-0.25, -0.2) is 0 Å². The Labute approximate surface area is 120 Å². The van der Waals surface area contributed by atoms with Gasteiger partial charge in [-0.05, 0) is 49.0 Å². The first-order valence-corrected chi connectivity index (χ1v) is 8.24. The third-order valence-corrected chi connectivity index (χ3v) is 4.80. The summed E-state index contributed by atoms with van der Waals surface area (Å²) in [5, 5.41) is 3.61. The molecule has 1 saturated carbocycles. The van der Waals surface area contributed by atoms with Crippen molar-refractivity contribution in [2.24, 2.45) is 16.7 Å². The molecule has 1 N–H and O–H groups in total. The summed E-state index contributed by atoms with van der Waals surface area (Å²) in [6, 6.07) is 0.641. The zero-order chi connectivity index (χ0) is 14.1. The molecule has 1 spiro atoms. The average molecular weight is 266 g/mol. The smallest absolute Gasteiger partial charge is 0.00507 e. The minimum Gasteiger partial charge on any atom is -0.314 e. The van der Waals surface area contributed by atoms with Crippen LogP contribution < -0.4 is 5.32 Å². The molecule has 0 aromatic carbocycles. The molecule has 0 unspecified atom stereocenters. The Kier molecular flexibility index (Phi) is 4.62. The molecule has 112 valence electrons. The Hall–Kier alpha value is -0.0800. The van der Waals surface area contributed by atoms with E-state index in [4.69, 9.17) is 0 Å². The molecule has 2 heteroatoms. The van der Waals surface area contributed by atoms with Crippen molar-refractivity contribution < 1.29 is 0 Å². The molecule has 1 aliphatic heterocycles. The molecule has 19 heavy (non-hydrogen) atoms. The molecule has 0 bridgehead atoms. The number of likely N-dealkylation sites (tertiary alicyclic amines) is 1. The Morgan fingerprint density at radius 3 is 2.21 bits per heavy atom. The Bertz CT molecular complexity index is 274. The standard InChI is InChI=1S/C17H34N2/c1-14(2)18-10-15-6-8-17(9-7-15)12-19(13-17)11-16(3,4)5/h14-15,18H,6-13H2,1-5H3. The van der Waals surface area contributed by atoms with Crippen molar-refractivity contribution in [2.45, 2.75) is 66.3 Å². The molecular weight excluding hydrogens is 232 g/mol. The van der Waals surface area contributed by atoms with Crippen molar-refractivity contribution in [3.63, 3.8) is 0 Å². The van der Waals surface area contributed by atoms with Crippen LogP contribution in [-0.4, -0.2) is 37.1 Å². The SMILES string of the molecule is CC(C)NCC1CCC2(CC1)CN(CC(C)(C)C)C2. The van der Waals surface area contributed by atoms with E-state index in [0.29, 0.717) is 16.9 Å². The molecule has 2 fully saturated rings. The molecule has 0 aromatic rings. The summed E-state index contributed by atoms with van der Waals surface area (Å²) in [6.07, 6.45) is 5.84. The van der Waals surface area contributed by atoms with E-state index in [1.165, 1.54) is 51.9 Å². The van der Waals surface area contributed by atoms with Gasteiger partial charge in [0.25, 0.3) is 0 Å². The van der Waals surface area contributed by atoms with Crippen LogP contribution in [0.2, 0.25) is 0 Å². The maximum atomic E-state index is 3.61. The molecule has 2 aliphatic rings. The summed E-state index contributed by atoms with van der Waals surface area (Å²) in [6.45, 7) is 16.8. The van der Waals surface area contributed by atoms with E-state index in [0.717, 1.165) is 5.92 Å². The summed E-state index contributed by atoms with van der Waals surface area (Å²) in [7, 11) is 0. The van der Waals surface area contributed by atoms with Crippen LogP contribution >= 0.6 is 0 Å². The minimum atomic E-state index is 0.458. The minimum absolute atomic E-state index is 0.458. The maximum Gasteiger partial charge on any atom is 0.00507 e. The van der Waals surface area contributed by atoms with E-state index in [1.807, 2.05) is 0 Å². The average Bonchev–Trinajstić information content (AvgIpc) is 2.24. The summed E-state index contributed by atoms with van der Waals surface area (Å²) in [5.41, 5.74) is 1.17. The fourth-order valence-electron chi connectivity index (χ4n) is 3.90. The molecule has 2 nitrogen and oxygen atoms in total. The second kappa shape index (κ2) is 5.73. The van der Waals surface area contributed by atoms with E-state index in [9.17, 15) is 0 Å². The monoisotopic (exact) mass is 266 g/mol. The lowest BCUT2D eigenvalue weighted by Gasteiger charge is -2.55. The summed E-state index contributed by atoms with van der Waals surface area (Å²) in [4.78, 5) is 2.67. The number of nitrogens with one attached hydrogen (secondary N) is 1. The second-order valence-electron chi connectivity index (χ2n) is 8.71. The van der Waals surface area contributed by atoms with E-state index in [2.05, 4.69) is 44.8 Å². The van der Waals surface area contributed by atoms with E-state index in [-0.39, 0.29) is 0 Å². The van der Waals surface area contributed by atoms with Gasteiger partial charge in [0.2, 0.25) is 0 Å². The van der Waals surface area contributed by atoms with Crippen LogP contribution in [0.15, 0.2) is 0 Å². The van der Waals surface area contributed by atoms with Crippen LogP contribution in [-0.2, 0) is 0 Å². The molecule has 1 heterocycles. The Morgan fingerprint density at radius 1 is 1.16 bits per heavy atom. The van der Waals surface area contributed by atoms with Gasteiger partial charge in [0, 0.05) is 25.7 Å². The van der Waals surface area contributed by atoms with Gasteiger partial charge in [-0.2, -0.15) is 0 Å². The van der Waals surface area contributed by atoms with E-state index >= 15 is 0 Å². The van der Waals surface area contributed by atoms with Gasteiger partial charge in [-0.15, -0.1) is 0 Å². The fraction of sp³-hybridized carbons (Fsp3) is 1.00. The lowest BCUT2D eigenvalue weighted by Crippen LogP contribution is -2.59. The molecule has 0 amide bonds. The highest BCUT2D eigenvalue weighted by Crippen LogP contribution is 2.46. The first-order chi connectivity index (χ1) is 8.78. The Balaban J connectivity index is 1.67. The van der Waals surface area contributed by atoms with Crippen molar-refractivity contribution in [3.05, 3.63) is 0 Å². The highest BCUT2D eigenvalue weighted by atomic mass is 15.2. The highest BCUT2D eigenvalue weighted by Gasteiger charge is 2.45. The van der Waals surface area contributed by atoms with Crippen LogP contribution in [0.4, 0.5) is 0 Å². The third kappa shape index (κ3) is 4.46. The van der Waals surface area contributed by atoms with Crippen LogP contribution in [0.5, 0.6) is 0 Å². The lowest BCUT2D eigenvalue weighted by atomic mass is 9.65. The highest BCUT2D eigenvalue weighted by molar-refractivity contribution is 4.98. The third-order valence-electron chi connectivity index (χ3n) is 4.80. The largest absolute Gasteiger partial charge is 0.314 e. The fourth-order valence-corrected chi connectivity index (χ4v) is 3.90. The van der Waals surface area contributed by atoms with Gasteiger partial charge in [0.05, 0.1) is 0 Å². The Morgan fingerprint density at radius 2 is 1.74 bits per heavy atom. The predicted octanol–water partition coefficient (Wildman–Crippen LogP) is 3.52. The van der Waals surface area contributed by atoms with Gasteiger partial charge in [-0.3, -0.25) is 0 Å². The number of nitrogens with zero attached hydrogens (tertiary/aromatic N) is 1. The van der Waals surface area contributed by atoms with Crippen LogP contribution in [0.1, 0.15) is 60.3 Å². The predicted molar refractivity (Wildman–Crippen MR) is 83.4 cm³/mol. The summed E-state index contributed by atoms with van der Waals surface area (Å²) < 4.78 is 0. The topological polar surface area (TPSA) is 15.3 Å². The molecular formula is C17H34N2. The molecule has 1 saturated heterocycles. The van der Waals surface area contributed by atoms with Crippen LogP contribution in [0.25, 0.3) is 0 Å². The van der Waals surface area contributed by atoms with E-state index < -0.39 is 0 Å². The summed E-state index contributed by atoms with van der Waals surface area (Å²) in [5.74, 6) is 0.935. The van der Waals surface area contributed by atoms with Gasteiger partial charge < -0.3 is 10.2 Å². The second-order valence-corrected chi connectivity index (χ2v) is 8.71. The normalized spacial score (nSPS) is 24.9. The zero-order valence-electron chi connectivity index (χ0n) is 13.8. The van der Waals surface area contributed by atoms with Crippen molar-refractivity contribution in [2.75, 3.05) is 26.2 Å². The number of hydrogen-bond donors (Lipinski definition) is 1. The van der Waals surface area contributed by atoms with Gasteiger partial charge in [-0.1, -0.05) is 34.6 Å². The molecule has 0 radical (unpaired) electrons. The van der Waals surface area contributed by atoms with E-state index in [1.54, 1.807) is 0 Å². The maximum absolute atomic E-state index is 3.61. The first kappa shape index (κ1) is 15.3. The first-order valence-electron chi connectivity index (χ1n) is 8.24. The van der Waals surface area contributed by atoms with Crippen molar-refractivity contribution in [1.82, 2.24) is 10.2 Å². The molecule has 0 atom stereocenters.